The van der Waals surface area contributed by atoms with Crippen LogP contribution in [0.5, 0.6) is 0 Å². The smallest absolute Gasteiger partial charge is 0.0948 e. The number of nitrogens with two attached hydrogens (primary N) is 2. The Balaban J connectivity index is 2.48. The fraction of sp³-hybridized carbons (Fsp3) is 0.846. The molecule has 0 aromatic rings. The molecule has 2 atom stereocenters. The number of rotatable bonds is 4. The average molecular weight is 240 g/mol. The van der Waals surface area contributed by atoms with Crippen LogP contribution < -0.4 is 11.5 Å². The van der Waals surface area contributed by atoms with Gasteiger partial charge in [-0.05, 0) is 45.9 Å². The second-order valence-electron chi connectivity index (χ2n) is 5.49. The normalized spacial score (nSPS) is 22.9. The Morgan fingerprint density at radius 1 is 1.29 bits per heavy atom. The molecule has 4 N–H and O–H groups in total. The fourth-order valence-electron chi connectivity index (χ4n) is 2.17. The van der Waals surface area contributed by atoms with Gasteiger partial charge in [-0.25, -0.2) is 0 Å². The van der Waals surface area contributed by atoms with Crippen LogP contribution >= 0.6 is 0 Å². The first-order valence-corrected chi connectivity index (χ1v) is 6.56. The second-order valence-corrected chi connectivity index (χ2v) is 5.49. The van der Waals surface area contributed by atoms with Crippen molar-refractivity contribution >= 4 is 0 Å². The third-order valence-electron chi connectivity index (χ3n) is 3.82. The maximum atomic E-state index is 6.13. The van der Waals surface area contributed by atoms with Crippen LogP contribution in [-0.2, 0) is 0 Å². The molecule has 17 heavy (non-hydrogen) atoms. The summed E-state index contributed by atoms with van der Waals surface area (Å²) in [6.07, 6.45) is 4.48. The van der Waals surface area contributed by atoms with Gasteiger partial charge in [-0.2, -0.15) is 0 Å². The van der Waals surface area contributed by atoms with Crippen molar-refractivity contribution in [2.75, 3.05) is 27.2 Å². The van der Waals surface area contributed by atoms with Gasteiger partial charge in [-0.15, -0.1) is 0 Å². The Kier molecular flexibility index (Phi) is 5.28. The van der Waals surface area contributed by atoms with Crippen molar-refractivity contribution in [1.29, 1.82) is 0 Å². The topological polar surface area (TPSA) is 58.5 Å². The molecule has 1 rings (SSSR count). The Morgan fingerprint density at radius 2 is 1.82 bits per heavy atom. The largest absolute Gasteiger partial charge is 0.386 e. The molecule has 1 heterocycles. The molecule has 1 saturated heterocycles. The molecular weight excluding hydrogens is 212 g/mol. The van der Waals surface area contributed by atoms with E-state index in [2.05, 4.69) is 36.9 Å². The summed E-state index contributed by atoms with van der Waals surface area (Å²) in [5.74, 6) is 1.23. The van der Waals surface area contributed by atoms with Crippen molar-refractivity contribution < 1.29 is 0 Å². The van der Waals surface area contributed by atoms with Crippen molar-refractivity contribution in [3.8, 4) is 0 Å². The Bertz CT molecular complexity index is 252. The van der Waals surface area contributed by atoms with E-state index >= 15 is 0 Å². The van der Waals surface area contributed by atoms with E-state index in [1.165, 1.54) is 12.8 Å². The van der Waals surface area contributed by atoms with Crippen molar-refractivity contribution in [2.45, 2.75) is 38.8 Å². The van der Waals surface area contributed by atoms with E-state index in [1.807, 2.05) is 6.92 Å². The first kappa shape index (κ1) is 14.3. The first-order valence-electron chi connectivity index (χ1n) is 6.56. The van der Waals surface area contributed by atoms with E-state index < -0.39 is 0 Å². The minimum Gasteiger partial charge on any atom is -0.386 e. The van der Waals surface area contributed by atoms with Crippen LogP contribution in [0.2, 0.25) is 0 Å². The van der Waals surface area contributed by atoms with Crippen molar-refractivity contribution in [3.05, 3.63) is 11.9 Å². The monoisotopic (exact) mass is 240 g/mol. The van der Waals surface area contributed by atoms with E-state index in [1.54, 1.807) is 0 Å². The zero-order valence-electron chi connectivity index (χ0n) is 11.7. The molecule has 0 amide bonds. The van der Waals surface area contributed by atoms with E-state index in [9.17, 15) is 0 Å². The third kappa shape index (κ3) is 4.21. The molecule has 0 aromatic heterocycles. The molecule has 0 aliphatic carbocycles. The van der Waals surface area contributed by atoms with E-state index in [-0.39, 0.29) is 6.04 Å². The lowest BCUT2D eigenvalue weighted by Crippen LogP contribution is -2.43. The van der Waals surface area contributed by atoms with Crippen LogP contribution in [-0.4, -0.2) is 49.1 Å². The summed E-state index contributed by atoms with van der Waals surface area (Å²) in [6.45, 7) is 6.24. The standard InChI is InChI=1S/C13H28N4/c1-10(11(2)14)9-13(15)17-7-5-12(6-8-17)16(3)4/h9-12H,5-8,14-15H2,1-4H3/b13-9+. The third-order valence-corrected chi connectivity index (χ3v) is 3.82. The predicted octanol–water partition coefficient (Wildman–Crippen LogP) is 0.796. The van der Waals surface area contributed by atoms with E-state index in [0.29, 0.717) is 12.0 Å². The van der Waals surface area contributed by atoms with Crippen LogP contribution in [0.15, 0.2) is 11.9 Å². The summed E-state index contributed by atoms with van der Waals surface area (Å²) in [7, 11) is 4.30. The van der Waals surface area contributed by atoms with Crippen molar-refractivity contribution in [2.24, 2.45) is 17.4 Å². The van der Waals surface area contributed by atoms with Gasteiger partial charge in [0.05, 0.1) is 5.82 Å². The summed E-state index contributed by atoms with van der Waals surface area (Å²) in [5, 5.41) is 0. The van der Waals surface area contributed by atoms with Gasteiger partial charge in [0.1, 0.15) is 0 Å². The summed E-state index contributed by atoms with van der Waals surface area (Å²) < 4.78 is 0. The van der Waals surface area contributed by atoms with Gasteiger partial charge in [0.15, 0.2) is 0 Å². The van der Waals surface area contributed by atoms with E-state index in [0.717, 1.165) is 18.9 Å². The van der Waals surface area contributed by atoms with Crippen LogP contribution in [0.25, 0.3) is 0 Å². The number of hydrogen-bond acceptors (Lipinski definition) is 4. The maximum absolute atomic E-state index is 6.13. The Hall–Kier alpha value is -0.740. The first-order chi connectivity index (χ1) is 7.91. The molecule has 1 aliphatic heterocycles. The molecule has 0 saturated carbocycles. The lowest BCUT2D eigenvalue weighted by molar-refractivity contribution is 0.168. The Labute approximate surface area is 106 Å². The van der Waals surface area contributed by atoms with Crippen molar-refractivity contribution in [1.82, 2.24) is 9.80 Å². The SMILES string of the molecule is CC(N)C(C)/C=C(\N)N1CCC(N(C)C)CC1. The molecule has 0 bridgehead atoms. The number of hydrogen-bond donors (Lipinski definition) is 2. The van der Waals surface area contributed by atoms with Gasteiger partial charge in [0, 0.05) is 25.2 Å². The minimum absolute atomic E-state index is 0.160. The number of nitrogens with zero attached hydrogens (tertiary/aromatic N) is 2. The summed E-state index contributed by atoms with van der Waals surface area (Å²) in [6, 6.07) is 0.859. The van der Waals surface area contributed by atoms with Gasteiger partial charge in [0.2, 0.25) is 0 Å². The summed E-state index contributed by atoms with van der Waals surface area (Å²) in [5.41, 5.74) is 12.0. The lowest BCUT2D eigenvalue weighted by atomic mass is 10.0. The molecule has 0 aromatic carbocycles. The Morgan fingerprint density at radius 3 is 2.24 bits per heavy atom. The lowest BCUT2D eigenvalue weighted by Gasteiger charge is -2.36. The molecule has 0 radical (unpaired) electrons. The zero-order valence-corrected chi connectivity index (χ0v) is 11.7. The number of likely N-dealkylation sites (tertiary alicyclic amines) is 1. The molecule has 0 spiro atoms. The highest BCUT2D eigenvalue weighted by Gasteiger charge is 2.21. The predicted molar refractivity (Wildman–Crippen MR) is 73.4 cm³/mol. The molecule has 2 unspecified atom stereocenters. The summed E-state index contributed by atoms with van der Waals surface area (Å²) in [4.78, 5) is 4.58. The highest BCUT2D eigenvalue weighted by atomic mass is 15.2. The van der Waals surface area contributed by atoms with Crippen LogP contribution in [0.1, 0.15) is 26.7 Å². The second kappa shape index (κ2) is 6.26. The van der Waals surface area contributed by atoms with Gasteiger partial charge >= 0.3 is 0 Å². The highest BCUT2D eigenvalue weighted by Crippen LogP contribution is 2.17. The molecule has 1 fully saturated rings. The molecule has 100 valence electrons. The van der Waals surface area contributed by atoms with Gasteiger partial charge in [-0.3, -0.25) is 0 Å². The zero-order chi connectivity index (χ0) is 13.0. The molecule has 1 aliphatic rings. The minimum atomic E-state index is 0.160. The van der Waals surface area contributed by atoms with Crippen molar-refractivity contribution in [3.63, 3.8) is 0 Å². The fourth-order valence-corrected chi connectivity index (χ4v) is 2.17. The van der Waals surface area contributed by atoms with Gasteiger partial charge in [0.25, 0.3) is 0 Å². The summed E-state index contributed by atoms with van der Waals surface area (Å²) >= 11 is 0. The highest BCUT2D eigenvalue weighted by molar-refractivity contribution is 5.02. The average Bonchev–Trinajstić information content (AvgIpc) is 2.28. The molecule has 4 heteroatoms. The van der Waals surface area contributed by atoms with Crippen LogP contribution in [0, 0.1) is 5.92 Å². The van der Waals surface area contributed by atoms with Gasteiger partial charge < -0.3 is 21.3 Å². The quantitative estimate of drug-likeness (QED) is 0.763. The molecule has 4 nitrogen and oxygen atoms in total. The number of piperidine rings is 1. The maximum Gasteiger partial charge on any atom is 0.0948 e. The van der Waals surface area contributed by atoms with Gasteiger partial charge in [-0.1, -0.05) is 6.92 Å². The van der Waals surface area contributed by atoms with Crippen LogP contribution in [0.4, 0.5) is 0 Å². The van der Waals surface area contributed by atoms with Crippen LogP contribution in [0.3, 0.4) is 0 Å². The van der Waals surface area contributed by atoms with E-state index in [4.69, 9.17) is 11.5 Å². The molecular formula is C13H28N4.